The van der Waals surface area contributed by atoms with Gasteiger partial charge in [-0.2, -0.15) is 12.6 Å². The van der Waals surface area contributed by atoms with Crippen LogP contribution in [-0.2, 0) is 13.1 Å². The molecule has 0 aromatic carbocycles. The van der Waals surface area contributed by atoms with Crippen LogP contribution >= 0.6 is 12.6 Å². The normalized spacial score (nSPS) is 23.8. The van der Waals surface area contributed by atoms with Crippen LogP contribution in [0.3, 0.4) is 0 Å². The molecule has 2 aliphatic rings. The van der Waals surface area contributed by atoms with E-state index in [0.29, 0.717) is 5.41 Å². The van der Waals surface area contributed by atoms with E-state index in [9.17, 15) is 0 Å². The van der Waals surface area contributed by atoms with Crippen molar-refractivity contribution in [1.82, 2.24) is 19.7 Å². The van der Waals surface area contributed by atoms with Crippen molar-refractivity contribution in [2.24, 2.45) is 5.41 Å². The second-order valence-corrected chi connectivity index (χ2v) is 5.13. The van der Waals surface area contributed by atoms with Gasteiger partial charge in [-0.3, -0.25) is 4.90 Å². The van der Waals surface area contributed by atoms with Gasteiger partial charge in [0.1, 0.15) is 12.2 Å². The molecule has 1 fully saturated rings. The number of rotatable bonds is 3. The quantitative estimate of drug-likeness (QED) is 0.771. The van der Waals surface area contributed by atoms with Gasteiger partial charge in [0.2, 0.25) is 0 Å². The molecule has 4 nitrogen and oxygen atoms in total. The summed E-state index contributed by atoms with van der Waals surface area (Å²) >= 11 is 4.45. The number of hydrogen-bond donors (Lipinski definition) is 1. The summed E-state index contributed by atoms with van der Waals surface area (Å²) in [5, 5.41) is 8.08. The van der Waals surface area contributed by atoms with Gasteiger partial charge in [0.25, 0.3) is 0 Å². The number of aromatic nitrogens is 3. The molecule has 1 aliphatic carbocycles. The van der Waals surface area contributed by atoms with Gasteiger partial charge in [0.05, 0.1) is 6.54 Å². The Bertz CT molecular complexity index is 358. The zero-order chi connectivity index (χ0) is 10.3. The van der Waals surface area contributed by atoms with Gasteiger partial charge in [-0.1, -0.05) is 0 Å². The van der Waals surface area contributed by atoms with E-state index in [-0.39, 0.29) is 0 Å². The van der Waals surface area contributed by atoms with Gasteiger partial charge in [-0.05, 0) is 24.0 Å². The lowest BCUT2D eigenvalue weighted by atomic mass is 10.1. The smallest absolute Gasteiger partial charge is 0.147 e. The molecule has 0 radical (unpaired) electrons. The summed E-state index contributed by atoms with van der Waals surface area (Å²) in [6.45, 7) is 4.30. The average Bonchev–Trinajstić information content (AvgIpc) is 2.88. The van der Waals surface area contributed by atoms with E-state index >= 15 is 0 Å². The minimum absolute atomic E-state index is 0.519. The van der Waals surface area contributed by atoms with Crippen molar-refractivity contribution >= 4 is 12.6 Å². The summed E-state index contributed by atoms with van der Waals surface area (Å²) in [5.41, 5.74) is 0.519. The second kappa shape index (κ2) is 3.49. The van der Waals surface area contributed by atoms with Crippen LogP contribution in [0.15, 0.2) is 6.33 Å². The lowest BCUT2D eigenvalue weighted by Crippen LogP contribution is -2.38. The van der Waals surface area contributed by atoms with E-state index < -0.39 is 0 Å². The largest absolute Gasteiger partial charge is 0.315 e. The standard InChI is InChI=1S/C10H16N4S/c15-7-10(1-2-10)6-13-3-4-14-8-11-12-9(14)5-13/h8,15H,1-7H2. The first kappa shape index (κ1) is 9.66. The highest BCUT2D eigenvalue weighted by atomic mass is 32.1. The van der Waals surface area contributed by atoms with Crippen molar-refractivity contribution in [3.8, 4) is 0 Å². The van der Waals surface area contributed by atoms with E-state index in [4.69, 9.17) is 0 Å². The Balaban J connectivity index is 1.66. The number of fused-ring (bicyclic) bond motifs is 1. The molecule has 0 atom stereocenters. The van der Waals surface area contributed by atoms with Gasteiger partial charge in [-0.25, -0.2) is 0 Å². The molecule has 15 heavy (non-hydrogen) atoms. The molecular weight excluding hydrogens is 208 g/mol. The van der Waals surface area contributed by atoms with Crippen LogP contribution < -0.4 is 0 Å². The third-order valence-corrected chi connectivity index (χ3v) is 4.24. The van der Waals surface area contributed by atoms with Crippen molar-refractivity contribution in [2.75, 3.05) is 18.8 Å². The predicted octanol–water partition coefficient (Wildman–Crippen LogP) is 0.804. The second-order valence-electron chi connectivity index (χ2n) is 4.81. The van der Waals surface area contributed by atoms with Crippen molar-refractivity contribution in [1.29, 1.82) is 0 Å². The monoisotopic (exact) mass is 224 g/mol. The van der Waals surface area contributed by atoms with Gasteiger partial charge >= 0.3 is 0 Å². The molecule has 2 heterocycles. The molecule has 1 aromatic heterocycles. The van der Waals surface area contributed by atoms with E-state index in [2.05, 4.69) is 32.3 Å². The first-order valence-corrected chi connectivity index (χ1v) is 6.14. The molecule has 1 saturated carbocycles. The fourth-order valence-corrected chi connectivity index (χ4v) is 2.68. The molecule has 0 unspecified atom stereocenters. The lowest BCUT2D eigenvalue weighted by Gasteiger charge is -2.30. The summed E-state index contributed by atoms with van der Waals surface area (Å²) in [6, 6.07) is 0. The van der Waals surface area contributed by atoms with Crippen LogP contribution in [0.2, 0.25) is 0 Å². The third kappa shape index (κ3) is 1.78. The lowest BCUT2D eigenvalue weighted by molar-refractivity contribution is 0.184. The summed E-state index contributed by atoms with van der Waals surface area (Å²) in [7, 11) is 0. The zero-order valence-corrected chi connectivity index (χ0v) is 9.66. The Kier molecular flexibility index (Phi) is 2.25. The highest BCUT2D eigenvalue weighted by Crippen LogP contribution is 2.47. The highest BCUT2D eigenvalue weighted by Gasteiger charge is 2.42. The summed E-state index contributed by atoms with van der Waals surface area (Å²) in [5.74, 6) is 2.13. The number of nitrogens with zero attached hydrogens (tertiary/aromatic N) is 4. The van der Waals surface area contributed by atoms with Crippen LogP contribution in [0, 0.1) is 5.41 Å². The molecule has 1 aliphatic heterocycles. The molecule has 0 N–H and O–H groups in total. The average molecular weight is 224 g/mol. The van der Waals surface area contributed by atoms with E-state index in [1.165, 1.54) is 19.4 Å². The molecular formula is C10H16N4S. The van der Waals surface area contributed by atoms with Crippen LogP contribution in [-0.4, -0.2) is 38.5 Å². The van der Waals surface area contributed by atoms with Crippen molar-refractivity contribution in [3.05, 3.63) is 12.2 Å². The molecule has 82 valence electrons. The van der Waals surface area contributed by atoms with Gasteiger partial charge in [-0.15, -0.1) is 10.2 Å². The first-order valence-electron chi connectivity index (χ1n) is 5.51. The number of thiol groups is 1. The maximum Gasteiger partial charge on any atom is 0.147 e. The van der Waals surface area contributed by atoms with Gasteiger partial charge in [0, 0.05) is 19.6 Å². The fourth-order valence-electron chi connectivity index (χ4n) is 2.27. The maximum atomic E-state index is 4.45. The Labute approximate surface area is 95.1 Å². The SMILES string of the molecule is SCC1(CN2CCn3cnnc3C2)CC1. The molecule has 0 spiro atoms. The topological polar surface area (TPSA) is 34.0 Å². The van der Waals surface area contributed by atoms with E-state index in [1.54, 1.807) is 0 Å². The summed E-state index contributed by atoms with van der Waals surface area (Å²) < 4.78 is 2.15. The van der Waals surface area contributed by atoms with Crippen LogP contribution in [0.4, 0.5) is 0 Å². The fraction of sp³-hybridized carbons (Fsp3) is 0.800. The third-order valence-electron chi connectivity index (χ3n) is 3.57. The molecule has 0 amide bonds. The predicted molar refractivity (Wildman–Crippen MR) is 60.8 cm³/mol. The Morgan fingerprint density at radius 2 is 2.27 bits per heavy atom. The molecule has 3 rings (SSSR count). The van der Waals surface area contributed by atoms with Crippen LogP contribution in [0.5, 0.6) is 0 Å². The molecule has 1 aromatic rings. The Morgan fingerprint density at radius 1 is 1.40 bits per heavy atom. The minimum Gasteiger partial charge on any atom is -0.315 e. The highest BCUT2D eigenvalue weighted by molar-refractivity contribution is 7.80. The molecule has 5 heteroatoms. The summed E-state index contributed by atoms with van der Waals surface area (Å²) in [6.07, 6.45) is 4.53. The van der Waals surface area contributed by atoms with Crippen molar-refractivity contribution in [2.45, 2.75) is 25.9 Å². The van der Waals surface area contributed by atoms with Crippen molar-refractivity contribution in [3.63, 3.8) is 0 Å². The summed E-state index contributed by atoms with van der Waals surface area (Å²) in [4.78, 5) is 2.49. The zero-order valence-electron chi connectivity index (χ0n) is 8.76. The van der Waals surface area contributed by atoms with Crippen LogP contribution in [0.1, 0.15) is 18.7 Å². The minimum atomic E-state index is 0.519. The van der Waals surface area contributed by atoms with Gasteiger partial charge < -0.3 is 4.57 Å². The Hall–Kier alpha value is -0.550. The van der Waals surface area contributed by atoms with E-state index in [1.807, 2.05) is 6.33 Å². The van der Waals surface area contributed by atoms with E-state index in [0.717, 1.165) is 31.2 Å². The van der Waals surface area contributed by atoms with Crippen LogP contribution in [0.25, 0.3) is 0 Å². The first-order chi connectivity index (χ1) is 7.31. The Morgan fingerprint density at radius 3 is 3.00 bits per heavy atom. The number of hydrogen-bond acceptors (Lipinski definition) is 4. The molecule has 0 saturated heterocycles. The molecule has 0 bridgehead atoms. The van der Waals surface area contributed by atoms with Gasteiger partial charge in [0.15, 0.2) is 0 Å². The maximum absolute atomic E-state index is 4.45. The van der Waals surface area contributed by atoms with Crippen molar-refractivity contribution < 1.29 is 0 Å².